The van der Waals surface area contributed by atoms with Gasteiger partial charge in [-0.15, -0.1) is 0 Å². The predicted molar refractivity (Wildman–Crippen MR) is 128 cm³/mol. The second kappa shape index (κ2) is 9.09. The lowest BCUT2D eigenvalue weighted by molar-refractivity contribution is 0.411. The number of fused-ring (bicyclic) bond motifs is 1. The minimum Gasteiger partial charge on any atom is -0.497 e. The number of benzene rings is 3. The molecule has 0 saturated heterocycles. The third kappa shape index (κ3) is 4.23. The highest BCUT2D eigenvalue weighted by Crippen LogP contribution is 2.33. The minimum absolute atomic E-state index is 0.780. The summed E-state index contributed by atoms with van der Waals surface area (Å²) in [4.78, 5) is 4.93. The molecule has 0 aliphatic heterocycles. The highest BCUT2D eigenvalue weighted by Gasteiger charge is 2.15. The summed E-state index contributed by atoms with van der Waals surface area (Å²) in [5.41, 5.74) is 5.63. The normalized spacial score (nSPS) is 11.0. The molecule has 6 heteroatoms. The van der Waals surface area contributed by atoms with E-state index in [-0.39, 0.29) is 0 Å². The van der Waals surface area contributed by atoms with Crippen LogP contribution < -0.4 is 9.47 Å². The second-order valence-electron chi connectivity index (χ2n) is 6.49. The highest BCUT2D eigenvalue weighted by molar-refractivity contribution is 14.1. The van der Waals surface area contributed by atoms with Crippen LogP contribution >= 0.6 is 34.4 Å². The third-order valence-electron chi connectivity index (χ3n) is 4.72. The molecule has 0 fully saturated rings. The second-order valence-corrected chi connectivity index (χ2v) is 8.19. The first-order valence-electron chi connectivity index (χ1n) is 9.20. The summed E-state index contributed by atoms with van der Waals surface area (Å²) in [5, 5.41) is 0.960. The SMILES string of the molecule is COc1ccc(-n2c(SCc3ccccc3OC)nc3ccc(CI)cc32)cc1. The van der Waals surface area contributed by atoms with Crippen LogP contribution in [0.25, 0.3) is 16.7 Å². The largest absolute Gasteiger partial charge is 0.497 e. The van der Waals surface area contributed by atoms with Crippen molar-refractivity contribution in [1.29, 1.82) is 0 Å². The van der Waals surface area contributed by atoms with Crippen LogP contribution in [0, 0.1) is 0 Å². The van der Waals surface area contributed by atoms with Gasteiger partial charge in [-0.3, -0.25) is 4.57 Å². The molecule has 0 unspecified atom stereocenters. The summed E-state index contributed by atoms with van der Waals surface area (Å²) >= 11 is 4.11. The van der Waals surface area contributed by atoms with Gasteiger partial charge >= 0.3 is 0 Å². The highest BCUT2D eigenvalue weighted by atomic mass is 127. The Morgan fingerprint density at radius 3 is 2.48 bits per heavy atom. The zero-order valence-corrected chi connectivity index (χ0v) is 19.2. The molecule has 1 aromatic heterocycles. The van der Waals surface area contributed by atoms with E-state index in [1.54, 1.807) is 26.0 Å². The van der Waals surface area contributed by atoms with Crippen LogP contribution in [0.4, 0.5) is 0 Å². The van der Waals surface area contributed by atoms with Crippen LogP contribution in [0.3, 0.4) is 0 Å². The van der Waals surface area contributed by atoms with E-state index in [0.29, 0.717) is 0 Å². The number of methoxy groups -OCH3 is 2. The van der Waals surface area contributed by atoms with E-state index in [9.17, 15) is 0 Å². The van der Waals surface area contributed by atoms with Crippen LogP contribution in [-0.2, 0) is 10.2 Å². The van der Waals surface area contributed by atoms with E-state index in [1.807, 2.05) is 30.3 Å². The number of hydrogen-bond acceptors (Lipinski definition) is 4. The van der Waals surface area contributed by atoms with Crippen molar-refractivity contribution in [3.63, 3.8) is 0 Å². The van der Waals surface area contributed by atoms with Gasteiger partial charge in [0.1, 0.15) is 11.5 Å². The lowest BCUT2D eigenvalue weighted by atomic mass is 10.2. The molecular weight excluding hydrogens is 495 g/mol. The monoisotopic (exact) mass is 516 g/mol. The van der Waals surface area contributed by atoms with E-state index < -0.39 is 0 Å². The van der Waals surface area contributed by atoms with E-state index in [2.05, 4.69) is 63.6 Å². The number of aromatic nitrogens is 2. The quantitative estimate of drug-likeness (QED) is 0.165. The van der Waals surface area contributed by atoms with Gasteiger partial charge in [-0.2, -0.15) is 0 Å². The molecule has 4 nitrogen and oxygen atoms in total. The molecule has 0 N–H and O–H groups in total. The third-order valence-corrected chi connectivity index (χ3v) is 6.59. The first-order valence-corrected chi connectivity index (χ1v) is 11.7. The summed E-state index contributed by atoms with van der Waals surface area (Å²) in [6.07, 6.45) is 0. The maximum atomic E-state index is 5.51. The van der Waals surface area contributed by atoms with E-state index in [1.165, 1.54) is 5.56 Å². The lowest BCUT2D eigenvalue weighted by Crippen LogP contribution is -1.98. The molecule has 148 valence electrons. The van der Waals surface area contributed by atoms with E-state index in [0.717, 1.165) is 49.1 Å². The van der Waals surface area contributed by atoms with E-state index in [4.69, 9.17) is 14.5 Å². The molecule has 0 amide bonds. The molecule has 0 saturated carbocycles. The maximum Gasteiger partial charge on any atom is 0.174 e. The number of para-hydroxylation sites is 1. The summed E-state index contributed by atoms with van der Waals surface area (Å²) in [6, 6.07) is 22.7. The van der Waals surface area contributed by atoms with Crippen LogP contribution in [0.15, 0.2) is 71.9 Å². The molecule has 29 heavy (non-hydrogen) atoms. The average Bonchev–Trinajstić information content (AvgIpc) is 3.15. The summed E-state index contributed by atoms with van der Waals surface area (Å²) in [6.45, 7) is 0. The molecule has 0 bridgehead atoms. The Labute approximate surface area is 188 Å². The molecule has 0 spiro atoms. The van der Waals surface area contributed by atoms with Gasteiger partial charge in [-0.05, 0) is 48.0 Å². The molecule has 1 heterocycles. The Balaban J connectivity index is 1.77. The van der Waals surface area contributed by atoms with Crippen LogP contribution in [0.1, 0.15) is 11.1 Å². The molecule has 3 aromatic carbocycles. The number of hydrogen-bond donors (Lipinski definition) is 0. The molecule has 0 atom stereocenters. The number of ether oxygens (including phenoxy) is 2. The van der Waals surface area contributed by atoms with Gasteiger partial charge in [0.15, 0.2) is 5.16 Å². The zero-order valence-electron chi connectivity index (χ0n) is 16.3. The van der Waals surface area contributed by atoms with Gasteiger partial charge in [0, 0.05) is 21.4 Å². The summed E-state index contributed by atoms with van der Waals surface area (Å²) < 4.78 is 14.0. The van der Waals surface area contributed by atoms with Crippen molar-refractivity contribution in [2.75, 3.05) is 14.2 Å². The number of alkyl halides is 1. The summed E-state index contributed by atoms with van der Waals surface area (Å²) in [5.74, 6) is 2.52. The fraction of sp³-hybridized carbons (Fsp3) is 0.174. The Hall–Kier alpha value is -2.19. The minimum atomic E-state index is 0.780. The molecule has 0 aliphatic rings. The van der Waals surface area contributed by atoms with Gasteiger partial charge in [-0.25, -0.2) is 4.98 Å². The Morgan fingerprint density at radius 2 is 1.76 bits per heavy atom. The van der Waals surface area contributed by atoms with Crippen molar-refractivity contribution in [2.45, 2.75) is 15.3 Å². The van der Waals surface area contributed by atoms with Gasteiger partial charge in [0.05, 0.1) is 25.3 Å². The fourth-order valence-corrected chi connectivity index (χ4v) is 4.72. The summed E-state index contributed by atoms with van der Waals surface area (Å²) in [7, 11) is 3.39. The number of rotatable bonds is 7. The smallest absolute Gasteiger partial charge is 0.174 e. The zero-order chi connectivity index (χ0) is 20.2. The first-order chi connectivity index (χ1) is 14.2. The average molecular weight is 516 g/mol. The predicted octanol–water partition coefficient (Wildman–Crippen LogP) is 6.27. The fourth-order valence-electron chi connectivity index (χ4n) is 3.22. The Bertz CT molecular complexity index is 1130. The van der Waals surface area contributed by atoms with Crippen LogP contribution in [0.2, 0.25) is 0 Å². The van der Waals surface area contributed by atoms with Crippen molar-refractivity contribution in [3.05, 3.63) is 77.9 Å². The van der Waals surface area contributed by atoms with Crippen molar-refractivity contribution in [2.24, 2.45) is 0 Å². The van der Waals surface area contributed by atoms with Gasteiger partial charge in [0.2, 0.25) is 0 Å². The number of imidazole rings is 1. The molecule has 4 rings (SSSR count). The molecule has 0 radical (unpaired) electrons. The number of thioether (sulfide) groups is 1. The first kappa shape index (κ1) is 20.1. The maximum absolute atomic E-state index is 5.51. The number of halogens is 1. The lowest BCUT2D eigenvalue weighted by Gasteiger charge is -2.11. The number of nitrogens with zero attached hydrogens (tertiary/aromatic N) is 2. The van der Waals surface area contributed by atoms with Crippen molar-refractivity contribution < 1.29 is 9.47 Å². The molecule has 4 aromatic rings. The van der Waals surface area contributed by atoms with Crippen LogP contribution in [-0.4, -0.2) is 23.8 Å². The van der Waals surface area contributed by atoms with Crippen LogP contribution in [0.5, 0.6) is 11.5 Å². The van der Waals surface area contributed by atoms with Gasteiger partial charge in [0.25, 0.3) is 0 Å². The van der Waals surface area contributed by atoms with E-state index >= 15 is 0 Å². The Kier molecular flexibility index (Phi) is 6.30. The van der Waals surface area contributed by atoms with Gasteiger partial charge in [-0.1, -0.05) is 58.6 Å². The van der Waals surface area contributed by atoms with Crippen molar-refractivity contribution >= 4 is 45.4 Å². The molecule has 0 aliphatic carbocycles. The Morgan fingerprint density at radius 1 is 0.966 bits per heavy atom. The topological polar surface area (TPSA) is 36.3 Å². The molecular formula is C23H21IN2O2S. The standard InChI is InChI=1S/C23H21IN2O2S/c1-27-19-10-8-18(9-11-19)26-21-13-16(14-24)7-12-20(21)25-23(26)29-15-17-5-3-4-6-22(17)28-2/h3-13H,14-15H2,1-2H3. The van der Waals surface area contributed by atoms with Crippen molar-refractivity contribution in [3.8, 4) is 17.2 Å². The van der Waals surface area contributed by atoms with Crippen molar-refractivity contribution in [1.82, 2.24) is 9.55 Å². The van der Waals surface area contributed by atoms with Gasteiger partial charge < -0.3 is 9.47 Å².